The molecule has 0 aliphatic heterocycles. The molecular formula is C40H70O8. The van der Waals surface area contributed by atoms with E-state index in [1.807, 2.05) is 13.8 Å². The fourth-order valence-electron chi connectivity index (χ4n) is 5.89. The molecule has 8 nitrogen and oxygen atoms in total. The Hall–Kier alpha value is -2.00. The van der Waals surface area contributed by atoms with Gasteiger partial charge in [-0.1, -0.05) is 118 Å². The zero-order valence-electron chi connectivity index (χ0n) is 31.9. The van der Waals surface area contributed by atoms with Gasteiger partial charge in [0.2, 0.25) is 11.6 Å². The van der Waals surface area contributed by atoms with E-state index in [1.54, 1.807) is 24.3 Å². The van der Waals surface area contributed by atoms with Gasteiger partial charge >= 0.3 is 11.9 Å². The molecule has 0 saturated heterocycles. The van der Waals surface area contributed by atoms with Crippen LogP contribution in [0.15, 0.2) is 24.3 Å². The number of ether oxygens (including phenoxy) is 6. The predicted octanol–water partition coefficient (Wildman–Crippen LogP) is 10.3. The summed E-state index contributed by atoms with van der Waals surface area (Å²) >= 11 is 0. The van der Waals surface area contributed by atoms with Gasteiger partial charge in [-0.15, -0.1) is 0 Å². The summed E-state index contributed by atoms with van der Waals surface area (Å²) in [7, 11) is 0. The fourth-order valence-corrected chi connectivity index (χ4v) is 5.89. The topological polar surface area (TPSA) is 89.5 Å². The van der Waals surface area contributed by atoms with Crippen molar-refractivity contribution in [3.63, 3.8) is 0 Å². The largest absolute Gasteiger partial charge is 0.427 e. The summed E-state index contributed by atoms with van der Waals surface area (Å²) in [6, 6.07) is 6.69. The van der Waals surface area contributed by atoms with Crippen LogP contribution in [0.2, 0.25) is 0 Å². The number of hydrogen-bond acceptors (Lipinski definition) is 8. The first kappa shape index (κ1) is 44.0. The SMILES string of the molecule is CCCCOC(COCC)(CC(CC)CCCC)OC(=O)c1ccccc1C(=O)OC(COCC)(CC(CC)CCCC)OCCCC. The molecule has 8 heteroatoms. The Bertz CT molecular complexity index is 907. The maximum Gasteiger partial charge on any atom is 0.341 e. The summed E-state index contributed by atoms with van der Waals surface area (Å²) in [6.45, 7) is 18.8. The van der Waals surface area contributed by atoms with Crippen molar-refractivity contribution in [3.05, 3.63) is 35.4 Å². The number of esters is 2. The second-order valence-electron chi connectivity index (χ2n) is 13.1. The monoisotopic (exact) mass is 679 g/mol. The highest BCUT2D eigenvalue weighted by Gasteiger charge is 2.41. The number of carbonyl (C=O) groups excluding carboxylic acids is 2. The van der Waals surface area contributed by atoms with Gasteiger partial charge in [-0.05, 0) is 50.7 Å². The summed E-state index contributed by atoms with van der Waals surface area (Å²) in [6.07, 6.45) is 12.8. The Labute approximate surface area is 293 Å². The molecule has 4 atom stereocenters. The molecule has 0 heterocycles. The van der Waals surface area contributed by atoms with Gasteiger partial charge in [-0.3, -0.25) is 0 Å². The van der Waals surface area contributed by atoms with Crippen molar-refractivity contribution in [2.45, 2.75) is 157 Å². The highest BCUT2D eigenvalue weighted by molar-refractivity contribution is 6.03. The summed E-state index contributed by atoms with van der Waals surface area (Å²) in [5, 5.41) is 0. The van der Waals surface area contributed by atoms with Crippen LogP contribution in [-0.2, 0) is 28.4 Å². The van der Waals surface area contributed by atoms with Crippen LogP contribution >= 0.6 is 0 Å². The number of hydrogen-bond donors (Lipinski definition) is 0. The molecule has 1 aromatic carbocycles. The predicted molar refractivity (Wildman–Crippen MR) is 193 cm³/mol. The van der Waals surface area contributed by atoms with Crippen LogP contribution in [0.1, 0.15) is 166 Å². The van der Waals surface area contributed by atoms with E-state index in [1.165, 1.54) is 0 Å². The minimum Gasteiger partial charge on any atom is -0.427 e. The molecule has 0 saturated carbocycles. The lowest BCUT2D eigenvalue weighted by molar-refractivity contribution is -0.242. The van der Waals surface area contributed by atoms with Gasteiger partial charge in [0.1, 0.15) is 13.2 Å². The molecule has 48 heavy (non-hydrogen) atoms. The lowest BCUT2D eigenvalue weighted by atomic mass is 9.91. The maximum absolute atomic E-state index is 14.1. The molecule has 278 valence electrons. The van der Waals surface area contributed by atoms with Crippen LogP contribution in [-0.4, -0.2) is 63.2 Å². The Kier molecular flexibility index (Phi) is 23.8. The van der Waals surface area contributed by atoms with Gasteiger partial charge < -0.3 is 28.4 Å². The second kappa shape index (κ2) is 25.9. The number of rotatable bonds is 30. The van der Waals surface area contributed by atoms with Crippen molar-refractivity contribution in [3.8, 4) is 0 Å². The molecule has 1 aromatic rings. The maximum atomic E-state index is 14.1. The van der Waals surface area contributed by atoms with Gasteiger partial charge in [-0.2, -0.15) is 0 Å². The molecule has 0 aliphatic rings. The smallest absolute Gasteiger partial charge is 0.341 e. The number of benzene rings is 1. The van der Waals surface area contributed by atoms with E-state index in [9.17, 15) is 9.59 Å². The van der Waals surface area contributed by atoms with E-state index < -0.39 is 23.5 Å². The minimum atomic E-state index is -1.27. The van der Waals surface area contributed by atoms with Crippen molar-refractivity contribution in [1.82, 2.24) is 0 Å². The van der Waals surface area contributed by atoms with Crippen LogP contribution in [0.5, 0.6) is 0 Å². The Morgan fingerprint density at radius 3 is 1.27 bits per heavy atom. The van der Waals surface area contributed by atoms with E-state index in [2.05, 4.69) is 41.5 Å². The van der Waals surface area contributed by atoms with Gasteiger partial charge in [0.25, 0.3) is 0 Å². The van der Waals surface area contributed by atoms with E-state index in [-0.39, 0.29) is 24.3 Å². The van der Waals surface area contributed by atoms with Crippen LogP contribution in [0, 0.1) is 11.8 Å². The Morgan fingerprint density at radius 2 is 0.958 bits per heavy atom. The molecule has 0 spiro atoms. The molecule has 0 aromatic heterocycles. The Morgan fingerprint density at radius 1 is 0.583 bits per heavy atom. The van der Waals surface area contributed by atoms with Crippen LogP contribution < -0.4 is 0 Å². The average molecular weight is 679 g/mol. The second-order valence-corrected chi connectivity index (χ2v) is 13.1. The highest BCUT2D eigenvalue weighted by atomic mass is 16.7. The van der Waals surface area contributed by atoms with E-state index in [4.69, 9.17) is 28.4 Å². The van der Waals surface area contributed by atoms with Crippen molar-refractivity contribution in [1.29, 1.82) is 0 Å². The first-order chi connectivity index (χ1) is 23.2. The molecule has 4 unspecified atom stereocenters. The molecule has 0 amide bonds. The summed E-state index contributed by atoms with van der Waals surface area (Å²) in [5.74, 6) is -3.24. The van der Waals surface area contributed by atoms with Crippen LogP contribution in [0.3, 0.4) is 0 Å². The van der Waals surface area contributed by atoms with Crippen LogP contribution in [0.25, 0.3) is 0 Å². The molecule has 0 N–H and O–H groups in total. The van der Waals surface area contributed by atoms with Crippen molar-refractivity contribution < 1.29 is 38.0 Å². The fraction of sp³-hybridized carbons (Fsp3) is 0.800. The third kappa shape index (κ3) is 16.1. The lowest BCUT2D eigenvalue weighted by Gasteiger charge is -2.37. The third-order valence-electron chi connectivity index (χ3n) is 8.99. The molecule has 0 radical (unpaired) electrons. The molecule has 1 rings (SSSR count). The molecule has 0 bridgehead atoms. The Balaban J connectivity index is 3.53. The number of carbonyl (C=O) groups is 2. The first-order valence-corrected chi connectivity index (χ1v) is 19.2. The van der Waals surface area contributed by atoms with Gasteiger partial charge in [0.05, 0.1) is 24.3 Å². The van der Waals surface area contributed by atoms with Gasteiger partial charge in [0.15, 0.2) is 0 Å². The van der Waals surface area contributed by atoms with Gasteiger partial charge in [-0.25, -0.2) is 9.59 Å². The van der Waals surface area contributed by atoms with Crippen molar-refractivity contribution in [2.24, 2.45) is 11.8 Å². The summed E-state index contributed by atoms with van der Waals surface area (Å²) in [5.41, 5.74) is 0.252. The van der Waals surface area contributed by atoms with Crippen LogP contribution in [0.4, 0.5) is 0 Å². The summed E-state index contributed by atoms with van der Waals surface area (Å²) < 4.78 is 37.3. The van der Waals surface area contributed by atoms with Crippen molar-refractivity contribution >= 4 is 11.9 Å². The van der Waals surface area contributed by atoms with Crippen molar-refractivity contribution in [2.75, 3.05) is 39.6 Å². The zero-order chi connectivity index (χ0) is 35.7. The van der Waals surface area contributed by atoms with E-state index in [0.717, 1.165) is 77.0 Å². The normalized spacial score (nSPS) is 15.3. The quantitative estimate of drug-likeness (QED) is 0.0451. The number of unbranched alkanes of at least 4 members (excludes halogenated alkanes) is 4. The van der Waals surface area contributed by atoms with E-state index in [0.29, 0.717) is 51.1 Å². The molecule has 0 fully saturated rings. The average Bonchev–Trinajstić information content (AvgIpc) is 3.10. The first-order valence-electron chi connectivity index (χ1n) is 19.2. The highest BCUT2D eigenvalue weighted by Crippen LogP contribution is 2.33. The van der Waals surface area contributed by atoms with Gasteiger partial charge in [0, 0.05) is 26.1 Å². The third-order valence-corrected chi connectivity index (χ3v) is 8.99. The molecule has 0 aliphatic carbocycles. The minimum absolute atomic E-state index is 0.118. The lowest BCUT2D eigenvalue weighted by Crippen LogP contribution is -2.46. The molecular weight excluding hydrogens is 608 g/mol. The standard InChI is InChI=1S/C40H70O8/c1-9-17-23-33(13-5)29-39(31-43-15-7,45-27-19-11-3)47-37(41)35-25-21-22-26-36(35)38(42)48-40(32-44-16-8,46-28-20-12-4)30-34(14-6)24-18-10-2/h21-22,25-26,33-34H,9-20,23-24,27-32H2,1-8H3. The van der Waals surface area contributed by atoms with E-state index >= 15 is 0 Å². The summed E-state index contributed by atoms with van der Waals surface area (Å²) in [4.78, 5) is 28.3. The zero-order valence-corrected chi connectivity index (χ0v) is 31.9.